The SMILES string of the molecule is CCC(F)(CN)CCS(=O)(=O)C(C)(C)C. The van der Waals surface area contributed by atoms with Gasteiger partial charge < -0.3 is 5.73 Å². The fraction of sp³-hybridized carbons (Fsp3) is 1.00. The molecule has 2 N–H and O–H groups in total. The number of alkyl halides is 1. The minimum atomic E-state index is -3.25. The van der Waals surface area contributed by atoms with Gasteiger partial charge in [0.05, 0.1) is 10.5 Å². The molecule has 0 amide bonds. The van der Waals surface area contributed by atoms with Crippen molar-refractivity contribution >= 4 is 9.84 Å². The largest absolute Gasteiger partial charge is 0.328 e. The van der Waals surface area contributed by atoms with Crippen molar-refractivity contribution in [3.8, 4) is 0 Å². The second-order valence-electron chi connectivity index (χ2n) is 4.89. The first-order valence-corrected chi connectivity index (χ1v) is 6.84. The van der Waals surface area contributed by atoms with Crippen molar-refractivity contribution in [2.45, 2.75) is 51.0 Å². The number of halogens is 1. The Kier molecular flexibility index (Phi) is 4.73. The van der Waals surface area contributed by atoms with Crippen LogP contribution in [0.15, 0.2) is 0 Å². The van der Waals surface area contributed by atoms with Crippen molar-refractivity contribution in [2.75, 3.05) is 12.3 Å². The highest BCUT2D eigenvalue weighted by Gasteiger charge is 2.33. The molecular weight excluding hydrogens is 217 g/mol. The zero-order chi connectivity index (χ0) is 12.3. The van der Waals surface area contributed by atoms with Crippen molar-refractivity contribution in [1.29, 1.82) is 0 Å². The van der Waals surface area contributed by atoms with E-state index in [0.717, 1.165) is 0 Å². The van der Waals surface area contributed by atoms with Gasteiger partial charge in [0.15, 0.2) is 9.84 Å². The minimum absolute atomic E-state index is 0.0143. The summed E-state index contributed by atoms with van der Waals surface area (Å²) < 4.78 is 36.4. The van der Waals surface area contributed by atoms with E-state index in [-0.39, 0.29) is 25.1 Å². The molecule has 0 saturated carbocycles. The van der Waals surface area contributed by atoms with Crippen LogP contribution in [-0.4, -0.2) is 31.1 Å². The highest BCUT2D eigenvalue weighted by Crippen LogP contribution is 2.24. The van der Waals surface area contributed by atoms with Gasteiger partial charge in [0, 0.05) is 6.54 Å². The van der Waals surface area contributed by atoms with Crippen molar-refractivity contribution in [3.63, 3.8) is 0 Å². The van der Waals surface area contributed by atoms with Gasteiger partial charge in [0.2, 0.25) is 0 Å². The third-order valence-electron chi connectivity index (χ3n) is 2.75. The third-order valence-corrected chi connectivity index (χ3v) is 5.36. The molecule has 0 rings (SSSR count). The van der Waals surface area contributed by atoms with E-state index in [4.69, 9.17) is 5.73 Å². The van der Waals surface area contributed by atoms with Crippen LogP contribution in [0.25, 0.3) is 0 Å². The third kappa shape index (κ3) is 4.07. The molecule has 0 radical (unpaired) electrons. The normalized spacial score (nSPS) is 17.5. The van der Waals surface area contributed by atoms with Gasteiger partial charge in [-0.15, -0.1) is 0 Å². The summed E-state index contributed by atoms with van der Waals surface area (Å²) in [6.07, 6.45) is 0.239. The lowest BCUT2D eigenvalue weighted by atomic mass is 10.0. The summed E-state index contributed by atoms with van der Waals surface area (Å²) in [6, 6.07) is 0. The first kappa shape index (κ1) is 14.8. The fourth-order valence-electron chi connectivity index (χ4n) is 1.05. The maximum atomic E-state index is 13.8. The molecule has 0 spiro atoms. The van der Waals surface area contributed by atoms with Crippen LogP contribution in [0.1, 0.15) is 40.5 Å². The molecule has 15 heavy (non-hydrogen) atoms. The van der Waals surface area contributed by atoms with Crippen molar-refractivity contribution in [2.24, 2.45) is 5.73 Å². The van der Waals surface area contributed by atoms with E-state index in [0.29, 0.717) is 0 Å². The second-order valence-corrected chi connectivity index (χ2v) is 7.75. The fourth-order valence-corrected chi connectivity index (χ4v) is 2.29. The smallest absolute Gasteiger partial charge is 0.155 e. The van der Waals surface area contributed by atoms with E-state index in [1.54, 1.807) is 27.7 Å². The lowest BCUT2D eigenvalue weighted by Crippen LogP contribution is -2.38. The lowest BCUT2D eigenvalue weighted by molar-refractivity contribution is 0.162. The van der Waals surface area contributed by atoms with E-state index in [1.807, 2.05) is 0 Å². The summed E-state index contributed by atoms with van der Waals surface area (Å²) >= 11 is 0. The monoisotopic (exact) mass is 239 g/mol. The number of nitrogens with two attached hydrogens (primary N) is 1. The molecule has 0 aromatic rings. The number of rotatable bonds is 5. The molecule has 0 fully saturated rings. The van der Waals surface area contributed by atoms with Gasteiger partial charge in [-0.3, -0.25) is 0 Å². The van der Waals surface area contributed by atoms with Gasteiger partial charge in [-0.05, 0) is 33.6 Å². The average molecular weight is 239 g/mol. The Morgan fingerprint density at radius 2 is 1.73 bits per heavy atom. The Morgan fingerprint density at radius 1 is 1.27 bits per heavy atom. The number of sulfone groups is 1. The summed E-state index contributed by atoms with van der Waals surface area (Å²) in [4.78, 5) is 0. The Morgan fingerprint density at radius 3 is 2.00 bits per heavy atom. The van der Waals surface area contributed by atoms with Crippen LogP contribution in [0.2, 0.25) is 0 Å². The predicted octanol–water partition coefficient (Wildman–Crippen LogP) is 1.67. The van der Waals surface area contributed by atoms with Gasteiger partial charge >= 0.3 is 0 Å². The first-order chi connectivity index (χ1) is 6.58. The van der Waals surface area contributed by atoms with Crippen LogP contribution in [0.5, 0.6) is 0 Å². The van der Waals surface area contributed by atoms with Gasteiger partial charge in [-0.25, -0.2) is 12.8 Å². The standard InChI is InChI=1S/C10H22FNO2S/c1-5-10(11,8-12)6-7-15(13,14)9(2,3)4/h5-8,12H2,1-4H3. The minimum Gasteiger partial charge on any atom is -0.328 e. The average Bonchev–Trinajstić information content (AvgIpc) is 2.13. The van der Waals surface area contributed by atoms with Gasteiger partial charge in [-0.1, -0.05) is 6.92 Å². The molecule has 1 unspecified atom stereocenters. The second kappa shape index (κ2) is 4.78. The van der Waals surface area contributed by atoms with Crippen LogP contribution in [-0.2, 0) is 9.84 Å². The molecule has 1 atom stereocenters. The zero-order valence-corrected chi connectivity index (χ0v) is 10.8. The molecule has 0 aliphatic carbocycles. The maximum Gasteiger partial charge on any atom is 0.155 e. The maximum absolute atomic E-state index is 13.8. The Labute approximate surface area is 92.2 Å². The van der Waals surface area contributed by atoms with Crippen molar-refractivity contribution < 1.29 is 12.8 Å². The predicted molar refractivity (Wildman–Crippen MR) is 61.3 cm³/mol. The van der Waals surface area contributed by atoms with E-state index < -0.39 is 20.3 Å². The Balaban J connectivity index is 4.53. The van der Waals surface area contributed by atoms with Crippen LogP contribution in [0.3, 0.4) is 0 Å². The lowest BCUT2D eigenvalue weighted by Gasteiger charge is -2.25. The van der Waals surface area contributed by atoms with Crippen molar-refractivity contribution in [1.82, 2.24) is 0 Å². The molecule has 0 aromatic carbocycles. The van der Waals surface area contributed by atoms with E-state index in [2.05, 4.69) is 0 Å². The molecule has 92 valence electrons. The van der Waals surface area contributed by atoms with Crippen LogP contribution >= 0.6 is 0 Å². The summed E-state index contributed by atoms with van der Waals surface area (Å²) in [7, 11) is -3.25. The summed E-state index contributed by atoms with van der Waals surface area (Å²) in [5.74, 6) is -0.141. The Bertz CT molecular complexity index is 289. The molecule has 0 aromatic heterocycles. The Hall–Kier alpha value is -0.160. The van der Waals surface area contributed by atoms with Crippen LogP contribution in [0, 0.1) is 0 Å². The number of hydrogen-bond acceptors (Lipinski definition) is 3. The molecule has 0 aliphatic rings. The highest BCUT2D eigenvalue weighted by molar-refractivity contribution is 7.92. The molecular formula is C10H22FNO2S. The van der Waals surface area contributed by atoms with Crippen molar-refractivity contribution in [3.05, 3.63) is 0 Å². The van der Waals surface area contributed by atoms with E-state index in [1.165, 1.54) is 0 Å². The highest BCUT2D eigenvalue weighted by atomic mass is 32.2. The quantitative estimate of drug-likeness (QED) is 0.794. The van der Waals surface area contributed by atoms with Crippen LogP contribution in [0.4, 0.5) is 4.39 Å². The number of hydrogen-bond donors (Lipinski definition) is 1. The summed E-state index contributed by atoms with van der Waals surface area (Å²) in [6.45, 7) is 6.42. The van der Waals surface area contributed by atoms with Gasteiger partial charge in [0.1, 0.15) is 5.67 Å². The molecule has 3 nitrogen and oxygen atoms in total. The molecule has 0 aliphatic heterocycles. The first-order valence-electron chi connectivity index (χ1n) is 5.19. The molecule has 5 heteroatoms. The van der Waals surface area contributed by atoms with E-state index >= 15 is 0 Å². The van der Waals surface area contributed by atoms with Gasteiger partial charge in [-0.2, -0.15) is 0 Å². The van der Waals surface area contributed by atoms with Crippen LogP contribution < -0.4 is 5.73 Å². The molecule has 0 heterocycles. The summed E-state index contributed by atoms with van der Waals surface area (Å²) in [5.41, 5.74) is 3.74. The van der Waals surface area contributed by atoms with E-state index in [9.17, 15) is 12.8 Å². The summed E-state index contributed by atoms with van der Waals surface area (Å²) in [5, 5.41) is 0. The van der Waals surface area contributed by atoms with Gasteiger partial charge in [0.25, 0.3) is 0 Å². The molecule has 0 saturated heterocycles. The topological polar surface area (TPSA) is 60.2 Å². The molecule has 0 bridgehead atoms. The zero-order valence-electron chi connectivity index (χ0n) is 10.0.